The molecule has 0 saturated carbocycles. The molecular weight excluding hydrogens is 375 g/mol. The van der Waals surface area contributed by atoms with Gasteiger partial charge in [-0.3, -0.25) is 9.48 Å². The van der Waals surface area contributed by atoms with E-state index in [9.17, 15) is 9.18 Å². The summed E-state index contributed by atoms with van der Waals surface area (Å²) >= 11 is 0. The molecule has 29 heavy (non-hydrogen) atoms. The van der Waals surface area contributed by atoms with E-state index >= 15 is 0 Å². The fourth-order valence-electron chi connectivity index (χ4n) is 3.32. The molecule has 0 unspecified atom stereocenters. The van der Waals surface area contributed by atoms with Crippen LogP contribution in [0.2, 0.25) is 0 Å². The SMILES string of the molecule is CC[C@@H](COC)NC(=O)c1c[nH]c2ncc(-c3nn(C)c4cc(F)ccc34)nc12. The normalized spacial score (nSPS) is 12.6. The third kappa shape index (κ3) is 3.44. The fraction of sp³-hybridized carbons (Fsp3) is 0.300. The zero-order chi connectivity index (χ0) is 20.5. The highest BCUT2D eigenvalue weighted by molar-refractivity contribution is 6.05. The highest BCUT2D eigenvalue weighted by atomic mass is 19.1. The van der Waals surface area contributed by atoms with Crippen LogP contribution in [-0.2, 0) is 11.8 Å². The summed E-state index contributed by atoms with van der Waals surface area (Å²) in [7, 11) is 3.34. The summed E-state index contributed by atoms with van der Waals surface area (Å²) in [6.45, 7) is 2.41. The Hall–Kier alpha value is -3.33. The summed E-state index contributed by atoms with van der Waals surface area (Å²) < 4.78 is 20.3. The van der Waals surface area contributed by atoms with Crippen molar-refractivity contribution in [3.05, 3.63) is 42.0 Å². The van der Waals surface area contributed by atoms with Gasteiger partial charge < -0.3 is 15.0 Å². The second-order valence-electron chi connectivity index (χ2n) is 6.82. The van der Waals surface area contributed by atoms with Crippen LogP contribution in [0, 0.1) is 5.82 Å². The van der Waals surface area contributed by atoms with Gasteiger partial charge in [-0.1, -0.05) is 6.92 Å². The van der Waals surface area contributed by atoms with Crippen molar-refractivity contribution in [2.24, 2.45) is 7.05 Å². The number of amides is 1. The van der Waals surface area contributed by atoms with Gasteiger partial charge >= 0.3 is 0 Å². The van der Waals surface area contributed by atoms with Gasteiger partial charge in [0.25, 0.3) is 5.91 Å². The molecule has 0 fully saturated rings. The second-order valence-corrected chi connectivity index (χ2v) is 6.82. The molecule has 3 aromatic heterocycles. The summed E-state index contributed by atoms with van der Waals surface area (Å²) in [5, 5.41) is 8.18. The molecular formula is C20H21FN6O2. The number of methoxy groups -OCH3 is 1. The number of ether oxygens (including phenoxy) is 1. The number of H-pyrrole nitrogens is 1. The molecule has 8 nitrogen and oxygen atoms in total. The summed E-state index contributed by atoms with van der Waals surface area (Å²) in [4.78, 5) is 24.7. The zero-order valence-corrected chi connectivity index (χ0v) is 16.4. The van der Waals surface area contributed by atoms with Crippen LogP contribution < -0.4 is 5.32 Å². The molecule has 0 radical (unpaired) electrons. The van der Waals surface area contributed by atoms with Crippen molar-refractivity contribution in [3.63, 3.8) is 0 Å². The Bertz CT molecular complexity index is 1200. The number of nitrogens with zero attached hydrogens (tertiary/aromatic N) is 4. The van der Waals surface area contributed by atoms with E-state index in [4.69, 9.17) is 4.74 Å². The highest BCUT2D eigenvalue weighted by Gasteiger charge is 2.20. The molecule has 3 heterocycles. The van der Waals surface area contributed by atoms with Crippen molar-refractivity contribution in [3.8, 4) is 11.4 Å². The molecule has 0 bridgehead atoms. The summed E-state index contributed by atoms with van der Waals surface area (Å²) in [5.41, 5.74) is 3.09. The lowest BCUT2D eigenvalue weighted by Crippen LogP contribution is -2.37. The second kappa shape index (κ2) is 7.59. The van der Waals surface area contributed by atoms with Gasteiger partial charge in [0, 0.05) is 25.7 Å². The monoisotopic (exact) mass is 396 g/mol. The molecule has 4 rings (SSSR count). The minimum Gasteiger partial charge on any atom is -0.383 e. The number of nitrogens with one attached hydrogen (secondary N) is 2. The number of benzene rings is 1. The topological polar surface area (TPSA) is 97.7 Å². The maximum absolute atomic E-state index is 13.6. The number of hydrogen-bond donors (Lipinski definition) is 2. The molecule has 9 heteroatoms. The van der Waals surface area contributed by atoms with Crippen molar-refractivity contribution in [1.82, 2.24) is 30.0 Å². The quantitative estimate of drug-likeness (QED) is 0.522. The Morgan fingerprint density at radius 1 is 1.41 bits per heavy atom. The Kier molecular flexibility index (Phi) is 4.98. The Morgan fingerprint density at radius 3 is 3.00 bits per heavy atom. The maximum atomic E-state index is 13.6. The Balaban J connectivity index is 1.75. The van der Waals surface area contributed by atoms with Crippen LogP contribution in [0.3, 0.4) is 0 Å². The lowest BCUT2D eigenvalue weighted by Gasteiger charge is -2.15. The predicted molar refractivity (Wildman–Crippen MR) is 107 cm³/mol. The number of hydrogen-bond acceptors (Lipinski definition) is 5. The minimum absolute atomic E-state index is 0.0942. The van der Waals surface area contributed by atoms with Crippen LogP contribution in [0.1, 0.15) is 23.7 Å². The standard InChI is InChI=1S/C20H21FN6O2/c1-4-12(10-29-3)24-20(28)14-8-22-19-18(14)25-15(9-23-19)17-13-6-5-11(21)7-16(13)27(2)26-17/h5-9,12H,4,10H2,1-3H3,(H,22,23)(H,24,28)/t12-/m0/s1. The maximum Gasteiger partial charge on any atom is 0.255 e. The largest absolute Gasteiger partial charge is 0.383 e. The van der Waals surface area contributed by atoms with E-state index in [2.05, 4.69) is 25.4 Å². The zero-order valence-electron chi connectivity index (χ0n) is 16.4. The number of aromatic amines is 1. The number of aryl methyl sites for hydroxylation is 1. The van der Waals surface area contributed by atoms with E-state index in [1.807, 2.05) is 6.92 Å². The average molecular weight is 396 g/mol. The van der Waals surface area contributed by atoms with Crippen molar-refractivity contribution in [2.75, 3.05) is 13.7 Å². The lowest BCUT2D eigenvalue weighted by atomic mass is 10.1. The first-order valence-corrected chi connectivity index (χ1v) is 9.28. The third-order valence-electron chi connectivity index (χ3n) is 4.88. The van der Waals surface area contributed by atoms with Gasteiger partial charge in [-0.2, -0.15) is 5.10 Å². The molecule has 0 spiro atoms. The van der Waals surface area contributed by atoms with E-state index in [-0.39, 0.29) is 17.8 Å². The Labute approximate surface area is 166 Å². The summed E-state index contributed by atoms with van der Waals surface area (Å²) in [6.07, 6.45) is 3.93. The molecule has 0 aliphatic carbocycles. The van der Waals surface area contributed by atoms with Crippen molar-refractivity contribution < 1.29 is 13.9 Å². The van der Waals surface area contributed by atoms with Gasteiger partial charge in [-0.05, 0) is 24.6 Å². The van der Waals surface area contributed by atoms with E-state index in [1.165, 1.54) is 12.1 Å². The van der Waals surface area contributed by atoms with Crippen LogP contribution in [0.5, 0.6) is 0 Å². The summed E-state index contributed by atoms with van der Waals surface area (Å²) in [6, 6.07) is 4.38. The van der Waals surface area contributed by atoms with E-state index in [0.29, 0.717) is 40.2 Å². The Morgan fingerprint density at radius 2 is 2.24 bits per heavy atom. The van der Waals surface area contributed by atoms with E-state index in [0.717, 1.165) is 11.8 Å². The molecule has 1 atom stereocenters. The molecule has 0 aliphatic heterocycles. The molecule has 150 valence electrons. The first-order chi connectivity index (χ1) is 14.0. The van der Waals surface area contributed by atoms with Crippen LogP contribution in [-0.4, -0.2) is 50.4 Å². The van der Waals surface area contributed by atoms with Crippen molar-refractivity contribution in [1.29, 1.82) is 0 Å². The smallest absolute Gasteiger partial charge is 0.255 e. The number of rotatable bonds is 6. The highest BCUT2D eigenvalue weighted by Crippen LogP contribution is 2.28. The first kappa shape index (κ1) is 19.0. The first-order valence-electron chi connectivity index (χ1n) is 9.28. The van der Waals surface area contributed by atoms with Gasteiger partial charge in [-0.15, -0.1) is 0 Å². The number of fused-ring (bicyclic) bond motifs is 2. The minimum atomic E-state index is -0.334. The fourth-order valence-corrected chi connectivity index (χ4v) is 3.32. The van der Waals surface area contributed by atoms with Crippen molar-refractivity contribution in [2.45, 2.75) is 19.4 Å². The number of aromatic nitrogens is 5. The molecule has 0 aliphatic rings. The third-order valence-corrected chi connectivity index (χ3v) is 4.88. The van der Waals surface area contributed by atoms with Crippen LogP contribution in [0.15, 0.2) is 30.6 Å². The summed E-state index contributed by atoms with van der Waals surface area (Å²) in [5.74, 6) is -0.584. The van der Waals surface area contributed by atoms with E-state index < -0.39 is 0 Å². The molecule has 2 N–H and O–H groups in total. The van der Waals surface area contributed by atoms with Crippen LogP contribution in [0.25, 0.3) is 33.5 Å². The van der Waals surface area contributed by atoms with Crippen molar-refractivity contribution >= 4 is 28.0 Å². The molecule has 4 aromatic rings. The predicted octanol–water partition coefficient (Wildman–Crippen LogP) is 2.81. The van der Waals surface area contributed by atoms with Crippen LogP contribution >= 0.6 is 0 Å². The lowest BCUT2D eigenvalue weighted by molar-refractivity contribution is 0.0896. The van der Waals surface area contributed by atoms with Gasteiger partial charge in [-0.25, -0.2) is 14.4 Å². The van der Waals surface area contributed by atoms with E-state index in [1.54, 1.807) is 37.3 Å². The molecule has 0 saturated heterocycles. The molecule has 1 amide bonds. The average Bonchev–Trinajstić information content (AvgIpc) is 3.28. The number of carbonyl (C=O) groups is 1. The van der Waals surface area contributed by atoms with Gasteiger partial charge in [0.05, 0.1) is 29.9 Å². The number of halogens is 1. The van der Waals surface area contributed by atoms with Gasteiger partial charge in [0.15, 0.2) is 5.65 Å². The molecule has 1 aromatic carbocycles. The van der Waals surface area contributed by atoms with Crippen LogP contribution in [0.4, 0.5) is 4.39 Å². The van der Waals surface area contributed by atoms with Gasteiger partial charge in [0.1, 0.15) is 22.7 Å². The number of carbonyl (C=O) groups excluding carboxylic acids is 1. The van der Waals surface area contributed by atoms with Gasteiger partial charge in [0.2, 0.25) is 0 Å².